The summed E-state index contributed by atoms with van der Waals surface area (Å²) in [4.78, 5) is 0. The Morgan fingerprint density at radius 2 is 1.76 bits per heavy atom. The van der Waals surface area contributed by atoms with Crippen molar-refractivity contribution in [3.05, 3.63) is 0 Å². The molecule has 3 rings (SSSR count). The third-order valence-corrected chi connectivity index (χ3v) is 5.71. The summed E-state index contributed by atoms with van der Waals surface area (Å²) in [7, 11) is 0. The van der Waals surface area contributed by atoms with Crippen molar-refractivity contribution in [1.29, 1.82) is 0 Å². The quantitative estimate of drug-likeness (QED) is 0.790. The van der Waals surface area contributed by atoms with Crippen LogP contribution in [0.2, 0.25) is 0 Å². The van der Waals surface area contributed by atoms with Crippen molar-refractivity contribution in [3.8, 4) is 0 Å². The topological polar surface area (TPSA) is 38.0 Å². The van der Waals surface area contributed by atoms with Crippen LogP contribution in [0, 0.1) is 17.8 Å². The Morgan fingerprint density at radius 1 is 1.00 bits per heavy atom. The summed E-state index contributed by atoms with van der Waals surface area (Å²) in [6.07, 6.45) is 11.1. The summed E-state index contributed by atoms with van der Waals surface area (Å²) < 4.78 is 0. The molecule has 0 amide bonds. The van der Waals surface area contributed by atoms with Crippen LogP contribution in [0.15, 0.2) is 0 Å². The molecule has 0 saturated heterocycles. The third-order valence-electron chi connectivity index (χ3n) is 5.71. The van der Waals surface area contributed by atoms with E-state index < -0.39 is 0 Å². The molecule has 3 fully saturated rings. The van der Waals surface area contributed by atoms with Gasteiger partial charge in [-0.2, -0.15) is 0 Å². The lowest BCUT2D eigenvalue weighted by Gasteiger charge is -2.34. The fourth-order valence-corrected chi connectivity index (χ4v) is 4.69. The number of hydrogen-bond donors (Lipinski definition) is 2. The van der Waals surface area contributed by atoms with Gasteiger partial charge in [-0.15, -0.1) is 0 Å². The van der Waals surface area contributed by atoms with Gasteiger partial charge in [0.1, 0.15) is 0 Å². The second-order valence-corrected chi connectivity index (χ2v) is 6.91. The monoisotopic (exact) mass is 236 g/mol. The molecule has 0 aliphatic heterocycles. The molecule has 0 aromatic heterocycles. The average molecular weight is 236 g/mol. The molecular formula is C15H28N2. The van der Waals surface area contributed by atoms with Crippen molar-refractivity contribution in [2.45, 2.75) is 76.4 Å². The predicted octanol–water partition coefficient (Wildman–Crippen LogP) is 2.67. The molecule has 0 spiro atoms. The van der Waals surface area contributed by atoms with E-state index in [1.807, 2.05) is 0 Å². The van der Waals surface area contributed by atoms with Crippen molar-refractivity contribution >= 4 is 0 Å². The molecule has 2 bridgehead atoms. The zero-order valence-corrected chi connectivity index (χ0v) is 11.2. The number of fused-ring (bicyclic) bond motifs is 2. The summed E-state index contributed by atoms with van der Waals surface area (Å²) >= 11 is 0. The summed E-state index contributed by atoms with van der Waals surface area (Å²) in [5.41, 5.74) is 5.97. The highest BCUT2D eigenvalue weighted by Crippen LogP contribution is 2.49. The lowest BCUT2D eigenvalue weighted by atomic mass is 9.83. The van der Waals surface area contributed by atoms with E-state index in [-0.39, 0.29) is 0 Å². The van der Waals surface area contributed by atoms with Gasteiger partial charge in [0, 0.05) is 18.1 Å². The lowest BCUT2D eigenvalue weighted by Crippen LogP contribution is -2.45. The molecule has 2 nitrogen and oxygen atoms in total. The third kappa shape index (κ3) is 2.53. The molecule has 0 radical (unpaired) electrons. The zero-order chi connectivity index (χ0) is 11.8. The van der Waals surface area contributed by atoms with Gasteiger partial charge in [-0.25, -0.2) is 0 Å². The molecule has 3 aliphatic rings. The van der Waals surface area contributed by atoms with Crippen molar-refractivity contribution in [1.82, 2.24) is 5.32 Å². The Morgan fingerprint density at radius 3 is 2.35 bits per heavy atom. The van der Waals surface area contributed by atoms with E-state index in [9.17, 15) is 0 Å². The van der Waals surface area contributed by atoms with E-state index in [1.54, 1.807) is 0 Å². The van der Waals surface area contributed by atoms with E-state index in [1.165, 1.54) is 51.4 Å². The van der Waals surface area contributed by atoms with Crippen LogP contribution in [-0.2, 0) is 0 Å². The minimum absolute atomic E-state index is 0.478. The molecular weight excluding hydrogens is 208 g/mol. The van der Waals surface area contributed by atoms with Crippen LogP contribution in [0.25, 0.3) is 0 Å². The first-order valence-electron chi connectivity index (χ1n) is 7.74. The van der Waals surface area contributed by atoms with Crippen LogP contribution in [0.3, 0.4) is 0 Å². The molecule has 4 unspecified atom stereocenters. The maximum Gasteiger partial charge on any atom is 0.00723 e. The van der Waals surface area contributed by atoms with E-state index in [2.05, 4.69) is 12.2 Å². The van der Waals surface area contributed by atoms with Gasteiger partial charge in [0.2, 0.25) is 0 Å². The van der Waals surface area contributed by atoms with Gasteiger partial charge in [0.15, 0.2) is 0 Å². The summed E-state index contributed by atoms with van der Waals surface area (Å²) in [6, 6.07) is 1.97. The number of nitrogens with two attached hydrogens (primary N) is 1. The molecule has 0 heterocycles. The first-order chi connectivity index (χ1) is 8.22. The highest BCUT2D eigenvalue weighted by Gasteiger charge is 2.42. The summed E-state index contributed by atoms with van der Waals surface area (Å²) in [5, 5.41) is 3.91. The van der Waals surface area contributed by atoms with Crippen LogP contribution in [0.5, 0.6) is 0 Å². The van der Waals surface area contributed by atoms with Gasteiger partial charge in [-0.3, -0.25) is 0 Å². The smallest absolute Gasteiger partial charge is 0.00723 e. The number of hydrogen-bond acceptors (Lipinski definition) is 2. The van der Waals surface area contributed by atoms with Gasteiger partial charge >= 0.3 is 0 Å². The molecule has 0 aromatic rings. The van der Waals surface area contributed by atoms with E-state index >= 15 is 0 Å². The molecule has 17 heavy (non-hydrogen) atoms. The van der Waals surface area contributed by atoms with Gasteiger partial charge < -0.3 is 11.1 Å². The van der Waals surface area contributed by atoms with Crippen molar-refractivity contribution in [2.24, 2.45) is 23.5 Å². The molecule has 4 atom stereocenters. The first-order valence-corrected chi connectivity index (χ1v) is 7.74. The molecule has 3 saturated carbocycles. The van der Waals surface area contributed by atoms with Crippen LogP contribution < -0.4 is 11.1 Å². The summed E-state index contributed by atoms with van der Waals surface area (Å²) in [6.45, 7) is 2.43. The Labute approximate surface area is 106 Å². The Hall–Kier alpha value is -0.0800. The molecule has 3 N–H and O–H groups in total. The van der Waals surface area contributed by atoms with E-state index in [0.29, 0.717) is 6.04 Å². The van der Waals surface area contributed by atoms with Gasteiger partial charge in [-0.05, 0) is 69.6 Å². The van der Waals surface area contributed by atoms with E-state index in [4.69, 9.17) is 5.73 Å². The normalized spacial score (nSPS) is 47.3. The van der Waals surface area contributed by atoms with Gasteiger partial charge in [0.25, 0.3) is 0 Å². The fraction of sp³-hybridized carbons (Fsp3) is 1.00. The minimum atomic E-state index is 0.478. The second kappa shape index (κ2) is 4.89. The highest BCUT2D eigenvalue weighted by molar-refractivity contribution is 4.95. The molecule has 2 heteroatoms. The molecule has 98 valence electrons. The molecule has 3 aliphatic carbocycles. The van der Waals surface area contributed by atoms with Crippen LogP contribution in [0.4, 0.5) is 0 Å². The largest absolute Gasteiger partial charge is 0.328 e. The zero-order valence-electron chi connectivity index (χ0n) is 11.2. The number of nitrogens with one attached hydrogen (secondary N) is 1. The minimum Gasteiger partial charge on any atom is -0.328 e. The Bertz CT molecular complexity index is 258. The lowest BCUT2D eigenvalue weighted by molar-refractivity contribution is 0.224. The standard InChI is InChI=1S/C15H28N2/c1-10(15-9-11-2-3-12(15)8-11)17-14-6-4-13(16)5-7-14/h10-15,17H,2-9,16H2,1H3. The SMILES string of the molecule is CC(NC1CCC(N)CC1)C1CC2CCC1C2. The Balaban J connectivity index is 1.48. The van der Waals surface area contributed by atoms with Gasteiger partial charge in [-0.1, -0.05) is 6.42 Å². The van der Waals surface area contributed by atoms with Gasteiger partial charge in [0.05, 0.1) is 0 Å². The van der Waals surface area contributed by atoms with Crippen molar-refractivity contribution in [2.75, 3.05) is 0 Å². The van der Waals surface area contributed by atoms with Crippen molar-refractivity contribution in [3.63, 3.8) is 0 Å². The summed E-state index contributed by atoms with van der Waals surface area (Å²) in [5.74, 6) is 3.10. The molecule has 0 aromatic carbocycles. The predicted molar refractivity (Wildman–Crippen MR) is 71.8 cm³/mol. The average Bonchev–Trinajstić information content (AvgIpc) is 2.94. The first kappa shape index (κ1) is 12.0. The van der Waals surface area contributed by atoms with Crippen LogP contribution in [-0.4, -0.2) is 18.1 Å². The van der Waals surface area contributed by atoms with Crippen molar-refractivity contribution < 1.29 is 0 Å². The number of rotatable bonds is 3. The maximum atomic E-state index is 5.97. The van der Waals surface area contributed by atoms with E-state index in [0.717, 1.165) is 29.8 Å². The van der Waals surface area contributed by atoms with Crippen LogP contribution >= 0.6 is 0 Å². The fourth-order valence-electron chi connectivity index (χ4n) is 4.69. The second-order valence-electron chi connectivity index (χ2n) is 6.91. The van der Waals surface area contributed by atoms with Crippen LogP contribution in [0.1, 0.15) is 58.3 Å². The highest BCUT2D eigenvalue weighted by atomic mass is 15.0. The maximum absolute atomic E-state index is 5.97. The Kier molecular flexibility index (Phi) is 3.45.